The molecule has 0 fully saturated rings. The highest BCUT2D eigenvalue weighted by atomic mass is 79.9. The summed E-state index contributed by atoms with van der Waals surface area (Å²) in [6.07, 6.45) is 0.737. The number of hydrogen-bond donors (Lipinski definition) is 2. The van der Waals surface area contributed by atoms with Crippen molar-refractivity contribution in [3.63, 3.8) is 0 Å². The SMILES string of the molecule is O=C(NCc1cccc(Br)c1)c1ncn(CC(O)c2ccccc2)n1. The van der Waals surface area contributed by atoms with Gasteiger partial charge in [-0.25, -0.2) is 9.67 Å². The van der Waals surface area contributed by atoms with Crippen molar-refractivity contribution >= 4 is 21.8 Å². The number of rotatable bonds is 6. The lowest BCUT2D eigenvalue weighted by Crippen LogP contribution is -2.24. The summed E-state index contributed by atoms with van der Waals surface area (Å²) in [6, 6.07) is 17.0. The van der Waals surface area contributed by atoms with Gasteiger partial charge < -0.3 is 10.4 Å². The topological polar surface area (TPSA) is 80.0 Å². The maximum Gasteiger partial charge on any atom is 0.291 e. The zero-order valence-corrected chi connectivity index (χ0v) is 14.9. The molecule has 2 N–H and O–H groups in total. The van der Waals surface area contributed by atoms with Gasteiger partial charge in [-0.3, -0.25) is 4.79 Å². The first-order valence-electron chi connectivity index (χ1n) is 7.77. The van der Waals surface area contributed by atoms with Crippen LogP contribution in [-0.4, -0.2) is 25.8 Å². The maximum atomic E-state index is 12.1. The summed E-state index contributed by atoms with van der Waals surface area (Å²) >= 11 is 3.40. The number of nitrogens with one attached hydrogen (secondary N) is 1. The molecular formula is C18H17BrN4O2. The van der Waals surface area contributed by atoms with E-state index in [-0.39, 0.29) is 18.3 Å². The highest BCUT2D eigenvalue weighted by molar-refractivity contribution is 9.10. The molecule has 3 rings (SSSR count). The quantitative estimate of drug-likeness (QED) is 0.666. The first-order valence-corrected chi connectivity index (χ1v) is 8.56. The first-order chi connectivity index (χ1) is 12.1. The second kappa shape index (κ2) is 8.04. The number of nitrogens with zero attached hydrogens (tertiary/aromatic N) is 3. The van der Waals surface area contributed by atoms with Crippen LogP contribution >= 0.6 is 15.9 Å². The molecule has 0 saturated heterocycles. The van der Waals surface area contributed by atoms with Gasteiger partial charge in [0.1, 0.15) is 6.33 Å². The van der Waals surface area contributed by atoms with Crippen LogP contribution in [0.2, 0.25) is 0 Å². The average molecular weight is 401 g/mol. The van der Waals surface area contributed by atoms with E-state index >= 15 is 0 Å². The fourth-order valence-corrected chi connectivity index (χ4v) is 2.80. The molecule has 1 heterocycles. The molecule has 2 aromatic carbocycles. The normalized spacial score (nSPS) is 11.9. The molecule has 0 saturated carbocycles. The van der Waals surface area contributed by atoms with E-state index < -0.39 is 6.10 Å². The van der Waals surface area contributed by atoms with E-state index in [0.29, 0.717) is 6.54 Å². The lowest BCUT2D eigenvalue weighted by atomic mass is 10.1. The van der Waals surface area contributed by atoms with Crippen LogP contribution in [0.15, 0.2) is 65.4 Å². The Morgan fingerprint density at radius 2 is 2.00 bits per heavy atom. The van der Waals surface area contributed by atoms with Crippen LogP contribution in [0.1, 0.15) is 27.8 Å². The minimum Gasteiger partial charge on any atom is -0.386 e. The Hall–Kier alpha value is -2.51. The summed E-state index contributed by atoms with van der Waals surface area (Å²) in [5, 5.41) is 17.1. The number of aliphatic hydroxyl groups excluding tert-OH is 1. The molecule has 6 nitrogen and oxygen atoms in total. The Labute approximate surface area is 153 Å². The number of carbonyl (C=O) groups is 1. The van der Waals surface area contributed by atoms with E-state index in [9.17, 15) is 9.90 Å². The first kappa shape index (κ1) is 17.3. The summed E-state index contributed by atoms with van der Waals surface area (Å²) in [7, 11) is 0. The average Bonchev–Trinajstić information content (AvgIpc) is 3.09. The van der Waals surface area contributed by atoms with Crippen LogP contribution < -0.4 is 5.32 Å². The number of halogens is 1. The van der Waals surface area contributed by atoms with Gasteiger partial charge in [0.2, 0.25) is 5.82 Å². The predicted molar refractivity (Wildman–Crippen MR) is 96.7 cm³/mol. The van der Waals surface area contributed by atoms with Crippen LogP contribution in [0.5, 0.6) is 0 Å². The molecule has 0 aliphatic heterocycles. The second-order valence-electron chi connectivity index (χ2n) is 5.53. The molecule has 1 atom stereocenters. The Kier molecular flexibility index (Phi) is 5.57. The van der Waals surface area contributed by atoms with Crippen molar-refractivity contribution in [1.82, 2.24) is 20.1 Å². The minimum absolute atomic E-state index is 0.0789. The largest absolute Gasteiger partial charge is 0.386 e. The van der Waals surface area contributed by atoms with Crippen molar-refractivity contribution in [2.45, 2.75) is 19.2 Å². The Balaban J connectivity index is 1.58. The fraction of sp³-hybridized carbons (Fsp3) is 0.167. The summed E-state index contributed by atoms with van der Waals surface area (Å²) in [5.41, 5.74) is 1.76. The molecule has 0 aliphatic carbocycles. The molecule has 0 radical (unpaired) electrons. The van der Waals surface area contributed by atoms with Crippen LogP contribution in [0.4, 0.5) is 0 Å². The molecule has 1 unspecified atom stereocenters. The van der Waals surface area contributed by atoms with Gasteiger partial charge in [-0.05, 0) is 23.3 Å². The molecular weight excluding hydrogens is 384 g/mol. The number of amides is 1. The van der Waals surface area contributed by atoms with E-state index in [1.54, 1.807) is 0 Å². The molecule has 0 spiro atoms. The number of hydrogen-bond acceptors (Lipinski definition) is 4. The molecule has 3 aromatic rings. The molecule has 7 heteroatoms. The number of aliphatic hydroxyl groups is 1. The van der Waals surface area contributed by atoms with Crippen molar-refractivity contribution in [3.05, 3.63) is 82.3 Å². The molecule has 1 aromatic heterocycles. The molecule has 0 aliphatic rings. The number of carbonyl (C=O) groups excluding carboxylic acids is 1. The molecule has 1 amide bonds. The van der Waals surface area contributed by atoms with Gasteiger partial charge in [0.25, 0.3) is 5.91 Å². The summed E-state index contributed by atoms with van der Waals surface area (Å²) in [6.45, 7) is 0.620. The third kappa shape index (κ3) is 4.74. The Bertz CT molecular complexity index is 851. The molecule has 25 heavy (non-hydrogen) atoms. The highest BCUT2D eigenvalue weighted by Gasteiger charge is 2.14. The van der Waals surface area contributed by atoms with Gasteiger partial charge in [0, 0.05) is 11.0 Å². The fourth-order valence-electron chi connectivity index (χ4n) is 2.35. The van der Waals surface area contributed by atoms with E-state index in [2.05, 4.69) is 31.3 Å². The van der Waals surface area contributed by atoms with Gasteiger partial charge in [-0.15, -0.1) is 5.10 Å². The van der Waals surface area contributed by atoms with Crippen LogP contribution in [0, 0.1) is 0 Å². The van der Waals surface area contributed by atoms with E-state index in [1.165, 1.54) is 11.0 Å². The van der Waals surface area contributed by atoms with E-state index in [0.717, 1.165) is 15.6 Å². The number of benzene rings is 2. The second-order valence-corrected chi connectivity index (χ2v) is 6.44. The van der Waals surface area contributed by atoms with Crippen molar-refractivity contribution in [2.75, 3.05) is 0 Å². The smallest absolute Gasteiger partial charge is 0.291 e. The van der Waals surface area contributed by atoms with Crippen molar-refractivity contribution < 1.29 is 9.90 Å². The van der Waals surface area contributed by atoms with Crippen LogP contribution in [0.3, 0.4) is 0 Å². The zero-order chi connectivity index (χ0) is 17.6. The monoisotopic (exact) mass is 400 g/mol. The summed E-state index contributed by atoms with van der Waals surface area (Å²) < 4.78 is 2.42. The van der Waals surface area contributed by atoms with E-state index in [1.807, 2.05) is 54.6 Å². The lowest BCUT2D eigenvalue weighted by Gasteiger charge is -2.10. The Morgan fingerprint density at radius 1 is 1.20 bits per heavy atom. The van der Waals surface area contributed by atoms with Gasteiger partial charge >= 0.3 is 0 Å². The highest BCUT2D eigenvalue weighted by Crippen LogP contribution is 2.14. The maximum absolute atomic E-state index is 12.1. The summed E-state index contributed by atoms with van der Waals surface area (Å²) in [5.74, 6) is -0.275. The van der Waals surface area contributed by atoms with E-state index in [4.69, 9.17) is 0 Å². The zero-order valence-electron chi connectivity index (χ0n) is 13.3. The third-order valence-electron chi connectivity index (χ3n) is 3.63. The van der Waals surface area contributed by atoms with Gasteiger partial charge in [0.15, 0.2) is 0 Å². The van der Waals surface area contributed by atoms with Gasteiger partial charge in [-0.1, -0.05) is 58.4 Å². The Morgan fingerprint density at radius 3 is 2.76 bits per heavy atom. The van der Waals surface area contributed by atoms with Crippen molar-refractivity contribution in [3.8, 4) is 0 Å². The van der Waals surface area contributed by atoms with Gasteiger partial charge in [0.05, 0.1) is 12.6 Å². The number of aromatic nitrogens is 3. The van der Waals surface area contributed by atoms with Crippen LogP contribution in [-0.2, 0) is 13.1 Å². The van der Waals surface area contributed by atoms with Crippen LogP contribution in [0.25, 0.3) is 0 Å². The molecule has 128 valence electrons. The summed E-state index contributed by atoms with van der Waals surface area (Å²) in [4.78, 5) is 16.2. The minimum atomic E-state index is -0.708. The predicted octanol–water partition coefficient (Wildman–Crippen LogP) is 2.70. The lowest BCUT2D eigenvalue weighted by molar-refractivity contribution is 0.0938. The van der Waals surface area contributed by atoms with Crippen molar-refractivity contribution in [1.29, 1.82) is 0 Å². The standard InChI is InChI=1S/C18H17BrN4O2/c19-15-8-4-5-13(9-15)10-20-18(25)17-21-12-23(22-17)11-16(24)14-6-2-1-3-7-14/h1-9,12,16,24H,10-11H2,(H,20,25). The third-order valence-corrected chi connectivity index (χ3v) is 4.12. The van der Waals surface area contributed by atoms with Gasteiger partial charge in [-0.2, -0.15) is 0 Å². The van der Waals surface area contributed by atoms with Crippen molar-refractivity contribution in [2.24, 2.45) is 0 Å². The molecule has 0 bridgehead atoms.